The van der Waals surface area contributed by atoms with Crippen molar-refractivity contribution in [2.75, 3.05) is 38.2 Å². The van der Waals surface area contributed by atoms with E-state index in [4.69, 9.17) is 9.47 Å². The van der Waals surface area contributed by atoms with Crippen molar-refractivity contribution < 1.29 is 14.3 Å². The van der Waals surface area contributed by atoms with E-state index in [1.54, 1.807) is 0 Å². The van der Waals surface area contributed by atoms with Gasteiger partial charge in [-0.05, 0) is 94.1 Å². The molecule has 0 bridgehead atoms. The van der Waals surface area contributed by atoms with Crippen LogP contribution < -0.4 is 10.1 Å². The van der Waals surface area contributed by atoms with Gasteiger partial charge in [-0.2, -0.15) is 0 Å². The topological polar surface area (TPSA) is 50.8 Å². The summed E-state index contributed by atoms with van der Waals surface area (Å²) in [5.74, 6) is 2.24. The molecule has 1 aromatic carbocycles. The standard InChI is InChI=1S/C26H42N2O3/c1-4-18-31-26(14-5-7-22(3)20-26)25(29)27-23-8-10-24(11-9-23)30-19-6-15-28-16-12-21(2)13-17-28/h8-11,21-22H,4-7,12-20H2,1-3H3,(H,27,29)/t22-,26+/m0/s1. The van der Waals surface area contributed by atoms with Gasteiger partial charge in [-0.3, -0.25) is 4.79 Å². The maximum absolute atomic E-state index is 13.1. The zero-order valence-electron chi connectivity index (χ0n) is 19.8. The summed E-state index contributed by atoms with van der Waals surface area (Å²) < 4.78 is 12.0. The second kappa shape index (κ2) is 11.9. The third-order valence-corrected chi connectivity index (χ3v) is 6.83. The number of anilines is 1. The number of benzene rings is 1. The molecule has 0 radical (unpaired) electrons. The maximum Gasteiger partial charge on any atom is 0.256 e. The van der Waals surface area contributed by atoms with E-state index in [9.17, 15) is 4.79 Å². The number of amides is 1. The molecule has 2 atom stereocenters. The molecule has 1 aliphatic carbocycles. The van der Waals surface area contributed by atoms with E-state index >= 15 is 0 Å². The zero-order chi connectivity index (χ0) is 22.1. The monoisotopic (exact) mass is 430 g/mol. The summed E-state index contributed by atoms with van der Waals surface area (Å²) in [5.41, 5.74) is 0.118. The minimum atomic E-state index is -0.685. The van der Waals surface area contributed by atoms with E-state index in [-0.39, 0.29) is 5.91 Å². The fourth-order valence-electron chi connectivity index (χ4n) is 4.85. The maximum atomic E-state index is 13.1. The number of hydrogen-bond acceptors (Lipinski definition) is 4. The predicted octanol–water partition coefficient (Wildman–Crippen LogP) is 5.50. The van der Waals surface area contributed by atoms with Gasteiger partial charge in [0.05, 0.1) is 6.61 Å². The van der Waals surface area contributed by atoms with Gasteiger partial charge in [0.25, 0.3) is 5.91 Å². The van der Waals surface area contributed by atoms with Gasteiger partial charge in [0.1, 0.15) is 11.4 Å². The minimum absolute atomic E-state index is 0.00276. The second-order valence-corrected chi connectivity index (χ2v) is 9.75. The average molecular weight is 431 g/mol. The smallest absolute Gasteiger partial charge is 0.256 e. The number of hydrogen-bond donors (Lipinski definition) is 1. The average Bonchev–Trinajstić information content (AvgIpc) is 2.77. The first-order valence-electron chi connectivity index (χ1n) is 12.4. The van der Waals surface area contributed by atoms with Crippen LogP contribution in [0.15, 0.2) is 24.3 Å². The van der Waals surface area contributed by atoms with Crippen LogP contribution in [0.5, 0.6) is 5.75 Å². The van der Waals surface area contributed by atoms with Crippen molar-refractivity contribution in [3.63, 3.8) is 0 Å². The van der Waals surface area contributed by atoms with Gasteiger partial charge in [0.15, 0.2) is 0 Å². The predicted molar refractivity (Wildman–Crippen MR) is 127 cm³/mol. The van der Waals surface area contributed by atoms with Gasteiger partial charge in [-0.25, -0.2) is 0 Å². The molecule has 1 aliphatic heterocycles. The molecular formula is C26H42N2O3. The highest BCUT2D eigenvalue weighted by molar-refractivity contribution is 5.97. The lowest BCUT2D eigenvalue weighted by atomic mass is 9.78. The van der Waals surface area contributed by atoms with E-state index in [0.29, 0.717) is 12.5 Å². The molecule has 1 saturated heterocycles. The first-order chi connectivity index (χ1) is 15.0. The SMILES string of the molecule is CCCO[C@]1(C(=O)Nc2ccc(OCCCN3CCC(C)CC3)cc2)CCC[C@H](C)C1. The van der Waals surface area contributed by atoms with Crippen LogP contribution in [-0.2, 0) is 9.53 Å². The Hall–Kier alpha value is -1.59. The Kier molecular flexibility index (Phi) is 9.21. The van der Waals surface area contributed by atoms with Gasteiger partial charge < -0.3 is 19.7 Å². The number of piperidine rings is 1. The summed E-state index contributed by atoms with van der Waals surface area (Å²) in [7, 11) is 0. The van der Waals surface area contributed by atoms with Crippen LogP contribution >= 0.6 is 0 Å². The molecule has 1 saturated carbocycles. The second-order valence-electron chi connectivity index (χ2n) is 9.75. The fourth-order valence-corrected chi connectivity index (χ4v) is 4.85. The number of nitrogens with one attached hydrogen (secondary N) is 1. The Bertz CT molecular complexity index is 670. The van der Waals surface area contributed by atoms with Crippen LogP contribution in [0.4, 0.5) is 5.69 Å². The van der Waals surface area contributed by atoms with Gasteiger partial charge >= 0.3 is 0 Å². The highest BCUT2D eigenvalue weighted by Crippen LogP contribution is 2.36. The molecule has 3 rings (SSSR count). The van der Waals surface area contributed by atoms with Gasteiger partial charge in [-0.15, -0.1) is 0 Å². The van der Waals surface area contributed by atoms with Crippen molar-refractivity contribution in [2.24, 2.45) is 11.8 Å². The molecule has 5 nitrogen and oxygen atoms in total. The quantitative estimate of drug-likeness (QED) is 0.498. The molecule has 2 fully saturated rings. The largest absolute Gasteiger partial charge is 0.494 e. The van der Waals surface area contributed by atoms with Crippen molar-refractivity contribution in [1.82, 2.24) is 4.90 Å². The molecule has 31 heavy (non-hydrogen) atoms. The Morgan fingerprint density at radius 2 is 1.84 bits per heavy atom. The van der Waals surface area contributed by atoms with Gasteiger partial charge in [0, 0.05) is 18.8 Å². The Morgan fingerprint density at radius 1 is 1.10 bits per heavy atom. The van der Waals surface area contributed by atoms with Crippen molar-refractivity contribution in [3.8, 4) is 5.75 Å². The highest BCUT2D eigenvalue weighted by Gasteiger charge is 2.42. The zero-order valence-corrected chi connectivity index (χ0v) is 19.8. The minimum Gasteiger partial charge on any atom is -0.494 e. The van der Waals surface area contributed by atoms with Crippen LogP contribution in [-0.4, -0.2) is 49.3 Å². The third-order valence-electron chi connectivity index (χ3n) is 6.83. The Labute approximate surface area is 188 Å². The van der Waals surface area contributed by atoms with Crippen LogP contribution in [0.2, 0.25) is 0 Å². The summed E-state index contributed by atoms with van der Waals surface area (Å²) >= 11 is 0. The molecule has 1 aromatic rings. The number of likely N-dealkylation sites (tertiary alicyclic amines) is 1. The van der Waals surface area contributed by atoms with E-state index in [0.717, 1.165) is 62.6 Å². The summed E-state index contributed by atoms with van der Waals surface area (Å²) in [6.07, 6.45) is 8.43. The Balaban J connectivity index is 1.45. The molecule has 1 amide bonds. The van der Waals surface area contributed by atoms with Crippen molar-refractivity contribution in [3.05, 3.63) is 24.3 Å². The highest BCUT2D eigenvalue weighted by atomic mass is 16.5. The molecule has 0 unspecified atom stereocenters. The summed E-state index contributed by atoms with van der Waals surface area (Å²) in [4.78, 5) is 15.7. The lowest BCUT2D eigenvalue weighted by Crippen LogP contribution is -2.48. The van der Waals surface area contributed by atoms with Gasteiger partial charge in [0.2, 0.25) is 0 Å². The molecule has 1 heterocycles. The van der Waals surface area contributed by atoms with Crippen LogP contribution in [0.1, 0.15) is 72.1 Å². The summed E-state index contributed by atoms with van der Waals surface area (Å²) in [6, 6.07) is 7.75. The molecule has 1 N–H and O–H groups in total. The first kappa shape index (κ1) is 24.1. The fraction of sp³-hybridized carbons (Fsp3) is 0.731. The lowest BCUT2D eigenvalue weighted by Gasteiger charge is -2.38. The number of carbonyl (C=O) groups excluding carboxylic acids is 1. The van der Waals surface area contributed by atoms with Crippen LogP contribution in [0.3, 0.4) is 0 Å². The normalized spacial score (nSPS) is 25.3. The number of rotatable bonds is 10. The summed E-state index contributed by atoms with van der Waals surface area (Å²) in [6.45, 7) is 11.6. The van der Waals surface area contributed by atoms with Crippen molar-refractivity contribution >= 4 is 11.6 Å². The number of ether oxygens (including phenoxy) is 2. The van der Waals surface area contributed by atoms with Crippen LogP contribution in [0, 0.1) is 11.8 Å². The van der Waals surface area contributed by atoms with Crippen molar-refractivity contribution in [2.45, 2.75) is 77.7 Å². The molecule has 2 aliphatic rings. The first-order valence-corrected chi connectivity index (χ1v) is 12.4. The number of nitrogens with zero attached hydrogens (tertiary/aromatic N) is 1. The van der Waals surface area contributed by atoms with E-state index in [1.807, 2.05) is 24.3 Å². The summed E-state index contributed by atoms with van der Waals surface area (Å²) in [5, 5.41) is 3.10. The molecule has 174 valence electrons. The Morgan fingerprint density at radius 3 is 2.52 bits per heavy atom. The molecule has 0 aromatic heterocycles. The molecule has 5 heteroatoms. The van der Waals surface area contributed by atoms with E-state index in [2.05, 4.69) is 31.0 Å². The molecule has 0 spiro atoms. The van der Waals surface area contributed by atoms with E-state index in [1.165, 1.54) is 32.4 Å². The van der Waals surface area contributed by atoms with Crippen LogP contribution in [0.25, 0.3) is 0 Å². The third kappa shape index (κ3) is 7.21. The van der Waals surface area contributed by atoms with Crippen molar-refractivity contribution in [1.29, 1.82) is 0 Å². The lowest BCUT2D eigenvalue weighted by molar-refractivity contribution is -0.148. The number of carbonyl (C=O) groups is 1. The molecular weight excluding hydrogens is 388 g/mol. The van der Waals surface area contributed by atoms with E-state index < -0.39 is 5.60 Å². The van der Waals surface area contributed by atoms with Gasteiger partial charge in [-0.1, -0.05) is 27.2 Å².